The van der Waals surface area contributed by atoms with Crippen molar-refractivity contribution in [1.29, 1.82) is 0 Å². The SMILES string of the molecule is C[C@H](O)[C@@H](NC(=O)[C@H]1N2C(=O)c3ccccc3[C@@H]2SC1(C)C)C(=O)O. The summed E-state index contributed by atoms with van der Waals surface area (Å²) in [5, 5.41) is 20.9. The molecular weight excluding hydrogens is 344 g/mol. The molecule has 25 heavy (non-hydrogen) atoms. The van der Waals surface area contributed by atoms with E-state index in [0.29, 0.717) is 5.56 Å². The van der Waals surface area contributed by atoms with Crippen LogP contribution in [0.1, 0.15) is 42.1 Å². The number of fused-ring (bicyclic) bond motifs is 3. The van der Waals surface area contributed by atoms with Gasteiger partial charge in [0, 0.05) is 10.3 Å². The van der Waals surface area contributed by atoms with E-state index in [1.807, 2.05) is 26.0 Å². The van der Waals surface area contributed by atoms with Crippen LogP contribution in [-0.4, -0.2) is 55.8 Å². The van der Waals surface area contributed by atoms with Crippen molar-refractivity contribution in [3.8, 4) is 0 Å². The van der Waals surface area contributed by atoms with Crippen molar-refractivity contribution < 1.29 is 24.6 Å². The molecular formula is C17H20N2O5S. The average molecular weight is 364 g/mol. The standard InChI is InChI=1S/C17H20N2O5S/c1-8(20)11(16(23)24)18-13(21)12-17(2,3)25-15-10-7-5-4-6-9(10)14(22)19(12)15/h4-8,11-12,15,20H,1-3H3,(H,18,21)(H,23,24)/t8-,11+,12+,15-/m0/s1. The van der Waals surface area contributed by atoms with E-state index in [1.165, 1.54) is 23.6 Å². The van der Waals surface area contributed by atoms with Crippen molar-refractivity contribution in [2.24, 2.45) is 0 Å². The van der Waals surface area contributed by atoms with E-state index in [4.69, 9.17) is 0 Å². The molecule has 0 aliphatic carbocycles. The third kappa shape index (κ3) is 2.79. The fraction of sp³-hybridized carbons (Fsp3) is 0.471. The van der Waals surface area contributed by atoms with E-state index in [2.05, 4.69) is 5.32 Å². The molecule has 0 bridgehead atoms. The Morgan fingerprint density at radius 1 is 1.32 bits per heavy atom. The highest BCUT2D eigenvalue weighted by atomic mass is 32.2. The third-order valence-electron chi connectivity index (χ3n) is 4.59. The quantitative estimate of drug-likeness (QED) is 0.735. The molecule has 0 saturated carbocycles. The number of nitrogens with zero attached hydrogens (tertiary/aromatic N) is 1. The Labute approximate surface area is 149 Å². The zero-order chi connectivity index (χ0) is 18.5. The number of carbonyl (C=O) groups excluding carboxylic acids is 2. The van der Waals surface area contributed by atoms with Gasteiger partial charge in [-0.15, -0.1) is 11.8 Å². The minimum absolute atomic E-state index is 0.234. The molecule has 2 amide bonds. The largest absolute Gasteiger partial charge is 0.480 e. The van der Waals surface area contributed by atoms with Crippen LogP contribution < -0.4 is 5.32 Å². The lowest BCUT2D eigenvalue weighted by Crippen LogP contribution is -2.57. The minimum Gasteiger partial charge on any atom is -0.480 e. The van der Waals surface area contributed by atoms with E-state index in [9.17, 15) is 24.6 Å². The Kier molecular flexibility index (Phi) is 4.28. The molecule has 1 saturated heterocycles. The predicted octanol–water partition coefficient (Wildman–Crippen LogP) is 0.985. The number of carbonyl (C=O) groups is 3. The van der Waals surface area contributed by atoms with Crippen LogP contribution in [0.15, 0.2) is 24.3 Å². The van der Waals surface area contributed by atoms with Crippen LogP contribution in [-0.2, 0) is 9.59 Å². The molecule has 1 aromatic carbocycles. The van der Waals surface area contributed by atoms with Gasteiger partial charge in [-0.2, -0.15) is 0 Å². The van der Waals surface area contributed by atoms with Crippen molar-refractivity contribution in [2.45, 2.75) is 49.1 Å². The molecule has 2 heterocycles. The Hall–Kier alpha value is -2.06. The van der Waals surface area contributed by atoms with Crippen LogP contribution in [0.5, 0.6) is 0 Å². The topological polar surface area (TPSA) is 107 Å². The fourth-order valence-corrected chi connectivity index (χ4v) is 5.01. The van der Waals surface area contributed by atoms with E-state index in [-0.39, 0.29) is 11.3 Å². The maximum atomic E-state index is 12.8. The van der Waals surface area contributed by atoms with Crippen molar-refractivity contribution >= 4 is 29.5 Å². The van der Waals surface area contributed by atoms with Crippen LogP contribution >= 0.6 is 11.8 Å². The number of hydrogen-bond donors (Lipinski definition) is 3. The molecule has 2 aliphatic rings. The molecule has 0 spiro atoms. The summed E-state index contributed by atoms with van der Waals surface area (Å²) < 4.78 is -0.598. The minimum atomic E-state index is -1.42. The number of hydrogen-bond acceptors (Lipinski definition) is 5. The van der Waals surface area contributed by atoms with Gasteiger partial charge in [-0.05, 0) is 32.4 Å². The van der Waals surface area contributed by atoms with Crippen LogP contribution in [0, 0.1) is 0 Å². The van der Waals surface area contributed by atoms with Gasteiger partial charge >= 0.3 is 5.97 Å². The molecule has 0 unspecified atom stereocenters. The molecule has 2 aliphatic heterocycles. The number of aliphatic hydroxyl groups is 1. The smallest absolute Gasteiger partial charge is 0.328 e. The summed E-state index contributed by atoms with van der Waals surface area (Å²) in [4.78, 5) is 38.4. The zero-order valence-corrected chi connectivity index (χ0v) is 14.9. The van der Waals surface area contributed by atoms with Crippen molar-refractivity contribution in [3.05, 3.63) is 35.4 Å². The molecule has 1 aromatic rings. The van der Waals surface area contributed by atoms with Gasteiger partial charge in [-0.25, -0.2) is 4.79 Å². The van der Waals surface area contributed by atoms with Gasteiger partial charge in [0.2, 0.25) is 5.91 Å². The summed E-state index contributed by atoms with van der Waals surface area (Å²) in [5.41, 5.74) is 1.43. The van der Waals surface area contributed by atoms with E-state index in [0.717, 1.165) is 5.56 Å². The molecule has 3 rings (SSSR count). The second-order valence-corrected chi connectivity index (χ2v) is 8.58. The number of amides is 2. The van der Waals surface area contributed by atoms with Gasteiger partial charge in [-0.3, -0.25) is 9.59 Å². The van der Waals surface area contributed by atoms with Crippen molar-refractivity contribution in [3.63, 3.8) is 0 Å². The maximum absolute atomic E-state index is 12.8. The monoisotopic (exact) mass is 364 g/mol. The maximum Gasteiger partial charge on any atom is 0.328 e. The van der Waals surface area contributed by atoms with Gasteiger partial charge in [0.25, 0.3) is 5.91 Å². The summed E-state index contributed by atoms with van der Waals surface area (Å²) in [7, 11) is 0. The first kappa shape index (κ1) is 17.8. The molecule has 0 radical (unpaired) electrons. The molecule has 8 heteroatoms. The number of aliphatic hydroxyl groups excluding tert-OH is 1. The lowest BCUT2D eigenvalue weighted by Gasteiger charge is -2.31. The normalized spacial score (nSPS) is 25.9. The molecule has 4 atom stereocenters. The molecule has 3 N–H and O–H groups in total. The molecule has 1 fully saturated rings. The van der Waals surface area contributed by atoms with E-state index in [1.54, 1.807) is 12.1 Å². The van der Waals surface area contributed by atoms with Gasteiger partial charge < -0.3 is 20.4 Å². The summed E-state index contributed by atoms with van der Waals surface area (Å²) in [6.07, 6.45) is -1.25. The Morgan fingerprint density at radius 2 is 1.96 bits per heavy atom. The first-order valence-corrected chi connectivity index (χ1v) is 8.84. The highest BCUT2D eigenvalue weighted by molar-refractivity contribution is 8.01. The number of carboxylic acids is 1. The van der Waals surface area contributed by atoms with Crippen molar-refractivity contribution in [2.75, 3.05) is 0 Å². The number of rotatable bonds is 4. The fourth-order valence-electron chi connectivity index (χ4n) is 3.43. The summed E-state index contributed by atoms with van der Waals surface area (Å²) in [5.74, 6) is -2.13. The Morgan fingerprint density at radius 3 is 2.56 bits per heavy atom. The van der Waals surface area contributed by atoms with Crippen molar-refractivity contribution in [1.82, 2.24) is 10.2 Å². The summed E-state index contributed by atoms with van der Waals surface area (Å²) >= 11 is 1.50. The average Bonchev–Trinajstić information content (AvgIpc) is 2.95. The number of nitrogens with one attached hydrogen (secondary N) is 1. The second kappa shape index (κ2) is 6.03. The first-order chi connectivity index (χ1) is 11.6. The zero-order valence-electron chi connectivity index (χ0n) is 14.1. The third-order valence-corrected chi connectivity index (χ3v) is 6.13. The summed E-state index contributed by atoms with van der Waals surface area (Å²) in [6, 6.07) is 4.98. The number of aliphatic carboxylic acids is 1. The van der Waals surface area contributed by atoms with Crippen LogP contribution in [0.3, 0.4) is 0 Å². The number of thioether (sulfide) groups is 1. The van der Waals surface area contributed by atoms with E-state index >= 15 is 0 Å². The highest BCUT2D eigenvalue weighted by Gasteiger charge is 2.57. The molecule has 134 valence electrons. The lowest BCUT2D eigenvalue weighted by atomic mass is 10.00. The lowest BCUT2D eigenvalue weighted by molar-refractivity contribution is -0.145. The molecule has 7 nitrogen and oxygen atoms in total. The van der Waals surface area contributed by atoms with Gasteiger partial charge in [0.15, 0.2) is 6.04 Å². The van der Waals surface area contributed by atoms with Crippen LogP contribution in [0.25, 0.3) is 0 Å². The Balaban J connectivity index is 1.93. The van der Waals surface area contributed by atoms with Crippen LogP contribution in [0.2, 0.25) is 0 Å². The van der Waals surface area contributed by atoms with E-state index < -0.39 is 34.8 Å². The highest BCUT2D eigenvalue weighted by Crippen LogP contribution is 2.56. The molecule has 0 aromatic heterocycles. The predicted molar refractivity (Wildman–Crippen MR) is 92.1 cm³/mol. The van der Waals surface area contributed by atoms with Gasteiger partial charge in [-0.1, -0.05) is 18.2 Å². The number of benzene rings is 1. The van der Waals surface area contributed by atoms with Gasteiger partial charge in [0.1, 0.15) is 11.4 Å². The second-order valence-electron chi connectivity index (χ2n) is 6.84. The Bertz CT molecular complexity index is 748. The summed E-state index contributed by atoms with van der Waals surface area (Å²) in [6.45, 7) is 5.01. The van der Waals surface area contributed by atoms with Crippen LogP contribution in [0.4, 0.5) is 0 Å². The van der Waals surface area contributed by atoms with Gasteiger partial charge in [0.05, 0.1) is 6.10 Å². The first-order valence-electron chi connectivity index (χ1n) is 7.96. The number of carboxylic acid groups (broad SMARTS) is 1.